The summed E-state index contributed by atoms with van der Waals surface area (Å²) < 4.78 is 34.8. The number of hydrogen-bond acceptors (Lipinski definition) is 4. The molecule has 2 heterocycles. The van der Waals surface area contributed by atoms with Crippen LogP contribution in [0.15, 0.2) is 113 Å². The lowest BCUT2D eigenvalue weighted by molar-refractivity contribution is 0.0947. The molecule has 5 rings (SSSR count). The number of rotatable bonds is 5. The van der Waals surface area contributed by atoms with E-state index < -0.39 is 16.1 Å². The summed E-state index contributed by atoms with van der Waals surface area (Å²) in [5.41, 5.74) is 2.02. The number of nitrogens with zero attached hydrogens (tertiary/aromatic N) is 2. The van der Waals surface area contributed by atoms with Crippen molar-refractivity contribution in [3.05, 3.63) is 115 Å². The van der Waals surface area contributed by atoms with Gasteiger partial charge in [0.25, 0.3) is 15.9 Å². The molecule has 0 spiro atoms. The maximum absolute atomic E-state index is 14.0. The first kappa shape index (κ1) is 22.0. The highest BCUT2D eigenvalue weighted by atomic mass is 32.2. The molecule has 0 fully saturated rings. The van der Waals surface area contributed by atoms with Crippen LogP contribution in [0, 0.1) is 0 Å². The van der Waals surface area contributed by atoms with E-state index in [1.165, 1.54) is 10.6 Å². The Morgan fingerprint density at radius 3 is 2.21 bits per heavy atom. The number of carbonyl (C=O) groups is 1. The van der Waals surface area contributed by atoms with E-state index in [-0.39, 0.29) is 22.6 Å². The summed E-state index contributed by atoms with van der Waals surface area (Å²) in [6.07, 6.45) is 1.89. The molecule has 0 bridgehead atoms. The summed E-state index contributed by atoms with van der Waals surface area (Å²) in [7, 11) is -3.89. The zero-order chi connectivity index (χ0) is 23.7. The Morgan fingerprint density at radius 2 is 1.53 bits per heavy atom. The lowest BCUT2D eigenvalue weighted by Gasteiger charge is -2.43. The Balaban J connectivity index is 1.66. The van der Waals surface area contributed by atoms with Gasteiger partial charge in [-0.25, -0.2) is 8.42 Å². The lowest BCUT2D eigenvalue weighted by atomic mass is 9.91. The summed E-state index contributed by atoms with van der Waals surface area (Å²) in [5.74, 6) is -0.00231. The van der Waals surface area contributed by atoms with Gasteiger partial charge in [-0.15, -0.1) is 0 Å². The molecule has 1 aliphatic heterocycles. The van der Waals surface area contributed by atoms with Gasteiger partial charge in [-0.1, -0.05) is 54.6 Å². The van der Waals surface area contributed by atoms with Gasteiger partial charge >= 0.3 is 0 Å². The van der Waals surface area contributed by atoms with Crippen LogP contribution in [0.5, 0.6) is 0 Å². The number of furan rings is 1. The van der Waals surface area contributed by atoms with Gasteiger partial charge in [0.1, 0.15) is 0 Å². The zero-order valence-corrected chi connectivity index (χ0v) is 19.4. The molecule has 1 amide bonds. The van der Waals surface area contributed by atoms with Crippen LogP contribution in [0.4, 0.5) is 11.4 Å². The fraction of sp³-hybridized carbons (Fsp3) is 0.148. The Kier molecular flexibility index (Phi) is 5.71. The molecule has 1 aromatic heterocycles. The molecule has 7 heteroatoms. The van der Waals surface area contributed by atoms with Crippen molar-refractivity contribution in [3.63, 3.8) is 0 Å². The molecular weight excluding hydrogens is 448 g/mol. The Labute approximate surface area is 199 Å². The largest absolute Gasteiger partial charge is 0.459 e. The van der Waals surface area contributed by atoms with Crippen molar-refractivity contribution in [2.24, 2.45) is 0 Å². The third-order valence-corrected chi connectivity index (χ3v) is 7.96. The highest BCUT2D eigenvalue weighted by Gasteiger charge is 2.41. The van der Waals surface area contributed by atoms with E-state index in [2.05, 4.69) is 0 Å². The van der Waals surface area contributed by atoms with Crippen molar-refractivity contribution in [1.29, 1.82) is 0 Å². The van der Waals surface area contributed by atoms with E-state index in [1.54, 1.807) is 59.5 Å². The van der Waals surface area contributed by atoms with Gasteiger partial charge in [0.2, 0.25) is 0 Å². The average Bonchev–Trinajstić information content (AvgIpc) is 3.40. The second kappa shape index (κ2) is 8.83. The standard InChI is InChI=1S/C27H24N2O4S/c1-20-19-25(23-15-8-9-16-24(23)28(20)27(30)26-17-10-18-33-26)29(21-11-4-2-5-12-21)34(31,32)22-13-6-3-7-14-22/h2-18,20,25H,19H2,1H3/t20-,25-/m1/s1. The van der Waals surface area contributed by atoms with Crippen LogP contribution >= 0.6 is 0 Å². The maximum atomic E-state index is 14.0. The van der Waals surface area contributed by atoms with Gasteiger partial charge in [0, 0.05) is 11.7 Å². The van der Waals surface area contributed by atoms with E-state index in [0.29, 0.717) is 17.8 Å². The predicted molar refractivity (Wildman–Crippen MR) is 131 cm³/mol. The van der Waals surface area contributed by atoms with E-state index in [1.807, 2.05) is 49.4 Å². The molecule has 1 aliphatic rings. The lowest BCUT2D eigenvalue weighted by Crippen LogP contribution is -2.47. The number of carbonyl (C=O) groups excluding carboxylic acids is 1. The second-order valence-electron chi connectivity index (χ2n) is 8.26. The number of benzene rings is 3. The molecule has 2 atom stereocenters. The molecule has 34 heavy (non-hydrogen) atoms. The van der Waals surface area contributed by atoms with Gasteiger partial charge < -0.3 is 9.32 Å². The number of para-hydroxylation sites is 2. The van der Waals surface area contributed by atoms with Crippen LogP contribution in [-0.2, 0) is 10.0 Å². The molecule has 0 saturated carbocycles. The minimum Gasteiger partial charge on any atom is -0.459 e. The van der Waals surface area contributed by atoms with Gasteiger partial charge in [-0.3, -0.25) is 9.10 Å². The topological polar surface area (TPSA) is 70.8 Å². The molecule has 0 saturated heterocycles. The van der Waals surface area contributed by atoms with E-state index in [4.69, 9.17) is 4.42 Å². The summed E-state index contributed by atoms with van der Waals surface area (Å²) in [5, 5.41) is 0. The monoisotopic (exact) mass is 472 g/mol. The van der Waals surface area contributed by atoms with Crippen LogP contribution in [0.2, 0.25) is 0 Å². The third-order valence-electron chi connectivity index (χ3n) is 6.10. The fourth-order valence-electron chi connectivity index (χ4n) is 4.60. The highest BCUT2D eigenvalue weighted by molar-refractivity contribution is 7.92. The Hall–Kier alpha value is -3.84. The van der Waals surface area contributed by atoms with Crippen molar-refractivity contribution in [2.45, 2.75) is 30.3 Å². The van der Waals surface area contributed by atoms with Crippen molar-refractivity contribution in [3.8, 4) is 0 Å². The molecule has 0 radical (unpaired) electrons. The minimum atomic E-state index is -3.89. The first-order chi connectivity index (χ1) is 16.5. The Morgan fingerprint density at radius 1 is 0.882 bits per heavy atom. The van der Waals surface area contributed by atoms with Crippen LogP contribution in [0.1, 0.15) is 35.5 Å². The molecule has 0 N–H and O–H groups in total. The van der Waals surface area contributed by atoms with Gasteiger partial charge in [0.15, 0.2) is 5.76 Å². The smallest absolute Gasteiger partial charge is 0.294 e. The Bertz CT molecular complexity index is 1390. The van der Waals surface area contributed by atoms with Crippen molar-refractivity contribution < 1.29 is 17.6 Å². The van der Waals surface area contributed by atoms with Crippen molar-refractivity contribution >= 4 is 27.3 Å². The summed E-state index contributed by atoms with van der Waals surface area (Å²) in [6.45, 7) is 1.93. The van der Waals surface area contributed by atoms with Crippen molar-refractivity contribution in [1.82, 2.24) is 0 Å². The van der Waals surface area contributed by atoms with Crippen LogP contribution in [-0.4, -0.2) is 20.4 Å². The van der Waals surface area contributed by atoms with Crippen molar-refractivity contribution in [2.75, 3.05) is 9.21 Å². The molecule has 3 aromatic carbocycles. The average molecular weight is 473 g/mol. The molecular formula is C27H24N2O4S. The van der Waals surface area contributed by atoms with E-state index >= 15 is 0 Å². The first-order valence-corrected chi connectivity index (χ1v) is 12.5. The summed E-state index contributed by atoms with van der Waals surface area (Å²) in [6, 6.07) is 27.6. The summed E-state index contributed by atoms with van der Waals surface area (Å²) in [4.78, 5) is 15.2. The second-order valence-corrected chi connectivity index (χ2v) is 10.1. The van der Waals surface area contributed by atoms with E-state index in [9.17, 15) is 13.2 Å². The summed E-state index contributed by atoms with van der Waals surface area (Å²) >= 11 is 0. The zero-order valence-electron chi connectivity index (χ0n) is 18.6. The fourth-order valence-corrected chi connectivity index (χ4v) is 6.26. The molecule has 4 aromatic rings. The maximum Gasteiger partial charge on any atom is 0.294 e. The van der Waals surface area contributed by atoms with Gasteiger partial charge in [0.05, 0.1) is 22.9 Å². The van der Waals surface area contributed by atoms with Gasteiger partial charge in [-0.2, -0.15) is 0 Å². The number of amides is 1. The molecule has 0 unspecified atom stereocenters. The SMILES string of the molecule is C[C@@H]1C[C@@H](N(c2ccccc2)S(=O)(=O)c2ccccc2)c2ccccc2N1C(=O)c1ccco1. The van der Waals surface area contributed by atoms with E-state index in [0.717, 1.165) is 5.56 Å². The first-order valence-electron chi connectivity index (χ1n) is 11.1. The number of fused-ring (bicyclic) bond motifs is 1. The molecule has 6 nitrogen and oxygen atoms in total. The number of anilines is 2. The highest BCUT2D eigenvalue weighted by Crippen LogP contribution is 2.44. The number of sulfonamides is 1. The number of hydrogen-bond donors (Lipinski definition) is 0. The quantitative estimate of drug-likeness (QED) is 0.376. The molecule has 172 valence electrons. The third kappa shape index (κ3) is 3.78. The van der Waals surface area contributed by atoms with Crippen LogP contribution < -0.4 is 9.21 Å². The molecule has 0 aliphatic carbocycles. The minimum absolute atomic E-state index is 0.220. The normalized spacial score (nSPS) is 17.7. The predicted octanol–water partition coefficient (Wildman–Crippen LogP) is 5.66. The van der Waals surface area contributed by atoms with Crippen LogP contribution in [0.3, 0.4) is 0 Å². The van der Waals surface area contributed by atoms with Crippen LogP contribution in [0.25, 0.3) is 0 Å². The van der Waals surface area contributed by atoms with Gasteiger partial charge in [-0.05, 0) is 61.4 Å².